The second-order valence-corrected chi connectivity index (χ2v) is 5.21. The van der Waals surface area contributed by atoms with Gasteiger partial charge in [-0.25, -0.2) is 0 Å². The zero-order valence-electron chi connectivity index (χ0n) is 9.40. The summed E-state index contributed by atoms with van der Waals surface area (Å²) in [5.41, 5.74) is 9.93. The fraction of sp³-hybridized carbons (Fsp3) is 0.214. The molecule has 3 rings (SSSR count). The van der Waals surface area contributed by atoms with Crippen molar-refractivity contribution in [1.29, 1.82) is 0 Å². The highest BCUT2D eigenvalue weighted by Gasteiger charge is 2.20. The third-order valence-corrected chi connectivity index (χ3v) is 4.35. The minimum absolute atomic E-state index is 0.304. The van der Waals surface area contributed by atoms with Gasteiger partial charge in [0.25, 0.3) is 0 Å². The maximum Gasteiger partial charge on any atom is 0.249 e. The van der Waals surface area contributed by atoms with Gasteiger partial charge in [-0.2, -0.15) is 0 Å². The van der Waals surface area contributed by atoms with E-state index in [1.54, 1.807) is 11.3 Å². The molecule has 0 atom stereocenters. The van der Waals surface area contributed by atoms with Crippen molar-refractivity contribution in [2.45, 2.75) is 19.3 Å². The van der Waals surface area contributed by atoms with Crippen molar-refractivity contribution in [3.8, 4) is 10.4 Å². The number of aryl methyl sites for hydroxylation is 1. The summed E-state index contributed by atoms with van der Waals surface area (Å²) in [4.78, 5) is 12.6. The number of hydrogen-bond acceptors (Lipinski definition) is 2. The Labute approximate surface area is 104 Å². The van der Waals surface area contributed by atoms with E-state index >= 15 is 0 Å². The van der Waals surface area contributed by atoms with E-state index in [-0.39, 0.29) is 5.91 Å². The lowest BCUT2D eigenvalue weighted by atomic mass is 10.0. The Morgan fingerprint density at radius 1 is 1.24 bits per heavy atom. The van der Waals surface area contributed by atoms with Crippen LogP contribution in [-0.4, -0.2) is 5.91 Å². The number of carbonyl (C=O) groups is 1. The van der Waals surface area contributed by atoms with Crippen LogP contribution in [0.3, 0.4) is 0 Å². The molecule has 1 amide bonds. The van der Waals surface area contributed by atoms with E-state index in [0.717, 1.165) is 24.8 Å². The standard InChI is InChI=1S/C14H13NOS/c15-14(16)12-8-17-13-10-6-2-1-4-9(10)5-3-7-11(12)13/h1-2,4,6,8H,3,5,7H2,(H2,15,16). The van der Waals surface area contributed by atoms with E-state index in [4.69, 9.17) is 5.73 Å². The van der Waals surface area contributed by atoms with Gasteiger partial charge in [-0.15, -0.1) is 11.3 Å². The summed E-state index contributed by atoms with van der Waals surface area (Å²) in [5.74, 6) is -0.304. The van der Waals surface area contributed by atoms with Crippen LogP contribution < -0.4 is 5.73 Å². The monoisotopic (exact) mass is 243 g/mol. The summed E-state index contributed by atoms with van der Waals surface area (Å²) < 4.78 is 0. The topological polar surface area (TPSA) is 43.1 Å². The number of amides is 1. The number of hydrogen-bond donors (Lipinski definition) is 1. The van der Waals surface area contributed by atoms with Crippen LogP contribution in [0.4, 0.5) is 0 Å². The van der Waals surface area contributed by atoms with Gasteiger partial charge in [-0.1, -0.05) is 24.3 Å². The molecule has 0 unspecified atom stereocenters. The van der Waals surface area contributed by atoms with Crippen molar-refractivity contribution in [1.82, 2.24) is 0 Å². The fourth-order valence-corrected chi connectivity index (χ4v) is 3.65. The Hall–Kier alpha value is -1.61. The van der Waals surface area contributed by atoms with Crippen molar-refractivity contribution in [3.63, 3.8) is 0 Å². The van der Waals surface area contributed by atoms with Crippen LogP contribution >= 0.6 is 11.3 Å². The molecule has 0 spiro atoms. The first-order valence-corrected chi connectivity index (χ1v) is 6.64. The van der Waals surface area contributed by atoms with Crippen molar-refractivity contribution < 1.29 is 4.79 Å². The van der Waals surface area contributed by atoms with E-state index in [1.165, 1.54) is 16.0 Å². The predicted molar refractivity (Wildman–Crippen MR) is 70.3 cm³/mol. The normalized spacial score (nSPS) is 13.6. The lowest BCUT2D eigenvalue weighted by molar-refractivity contribution is 0.1000. The Morgan fingerprint density at radius 3 is 2.88 bits per heavy atom. The first kappa shape index (κ1) is 10.5. The molecular formula is C14H13NOS. The van der Waals surface area contributed by atoms with E-state index in [2.05, 4.69) is 24.3 Å². The van der Waals surface area contributed by atoms with Gasteiger partial charge in [0, 0.05) is 10.3 Å². The van der Waals surface area contributed by atoms with Crippen LogP contribution in [-0.2, 0) is 12.8 Å². The molecule has 0 fully saturated rings. The van der Waals surface area contributed by atoms with Crippen molar-refractivity contribution >= 4 is 17.2 Å². The Balaban J connectivity index is 2.24. The SMILES string of the molecule is NC(=O)c1csc2c1CCCc1ccccc1-2. The summed E-state index contributed by atoms with van der Waals surface area (Å²) in [6.45, 7) is 0. The highest BCUT2D eigenvalue weighted by molar-refractivity contribution is 7.14. The zero-order chi connectivity index (χ0) is 11.8. The molecule has 86 valence electrons. The Bertz CT molecular complexity index is 586. The number of thiophene rings is 1. The summed E-state index contributed by atoms with van der Waals surface area (Å²) in [6.07, 6.45) is 3.11. The molecule has 1 aliphatic rings. The van der Waals surface area contributed by atoms with Gasteiger partial charge < -0.3 is 5.73 Å². The molecular weight excluding hydrogens is 230 g/mol. The van der Waals surface area contributed by atoms with Crippen molar-refractivity contribution in [2.75, 3.05) is 0 Å². The van der Waals surface area contributed by atoms with Gasteiger partial charge in [0.05, 0.1) is 5.56 Å². The molecule has 0 radical (unpaired) electrons. The Morgan fingerprint density at radius 2 is 2.06 bits per heavy atom. The molecule has 3 heteroatoms. The third kappa shape index (κ3) is 1.67. The van der Waals surface area contributed by atoms with Crippen LogP contribution in [0.1, 0.15) is 27.9 Å². The largest absolute Gasteiger partial charge is 0.366 e. The summed E-state index contributed by atoms with van der Waals surface area (Å²) >= 11 is 1.64. The van der Waals surface area contributed by atoms with Gasteiger partial charge >= 0.3 is 0 Å². The van der Waals surface area contributed by atoms with Crippen LogP contribution in [0.5, 0.6) is 0 Å². The second-order valence-electron chi connectivity index (χ2n) is 4.33. The quantitative estimate of drug-likeness (QED) is 0.822. The smallest absolute Gasteiger partial charge is 0.249 e. The molecule has 0 aliphatic heterocycles. The second kappa shape index (κ2) is 4.00. The number of fused-ring (bicyclic) bond motifs is 3. The molecule has 2 aromatic rings. The average Bonchev–Trinajstić information content (AvgIpc) is 2.66. The molecule has 17 heavy (non-hydrogen) atoms. The van der Waals surface area contributed by atoms with Gasteiger partial charge in [-0.05, 0) is 36.0 Å². The minimum Gasteiger partial charge on any atom is -0.366 e. The molecule has 1 heterocycles. The lowest BCUT2D eigenvalue weighted by Crippen LogP contribution is -2.12. The summed E-state index contributed by atoms with van der Waals surface area (Å²) in [5, 5.41) is 1.90. The van der Waals surface area contributed by atoms with Gasteiger partial charge in [0.2, 0.25) is 5.91 Å². The predicted octanol–water partition coefficient (Wildman–Crippen LogP) is 3.00. The van der Waals surface area contributed by atoms with E-state index < -0.39 is 0 Å². The van der Waals surface area contributed by atoms with Gasteiger partial charge in [0.1, 0.15) is 0 Å². The van der Waals surface area contributed by atoms with E-state index in [9.17, 15) is 4.79 Å². The average molecular weight is 243 g/mol. The molecule has 0 saturated heterocycles. The highest BCUT2D eigenvalue weighted by Crippen LogP contribution is 2.38. The number of carbonyl (C=O) groups excluding carboxylic acids is 1. The molecule has 1 aromatic heterocycles. The molecule has 2 N–H and O–H groups in total. The first-order valence-electron chi connectivity index (χ1n) is 5.76. The summed E-state index contributed by atoms with van der Waals surface area (Å²) in [7, 11) is 0. The lowest BCUT2D eigenvalue weighted by Gasteiger charge is -2.04. The maximum atomic E-state index is 11.4. The minimum atomic E-state index is -0.304. The molecule has 1 aromatic carbocycles. The number of benzene rings is 1. The number of rotatable bonds is 1. The van der Waals surface area contributed by atoms with Crippen LogP contribution in [0.15, 0.2) is 29.6 Å². The first-order chi connectivity index (χ1) is 8.27. The van der Waals surface area contributed by atoms with Gasteiger partial charge in [0.15, 0.2) is 0 Å². The number of nitrogens with two attached hydrogens (primary N) is 1. The maximum absolute atomic E-state index is 11.4. The fourth-order valence-electron chi connectivity index (χ4n) is 2.48. The zero-order valence-corrected chi connectivity index (χ0v) is 10.2. The Kier molecular flexibility index (Phi) is 2.48. The molecule has 0 bridgehead atoms. The van der Waals surface area contributed by atoms with E-state index in [0.29, 0.717) is 5.56 Å². The number of primary amides is 1. The van der Waals surface area contributed by atoms with E-state index in [1.807, 2.05) is 5.38 Å². The highest BCUT2D eigenvalue weighted by atomic mass is 32.1. The third-order valence-electron chi connectivity index (χ3n) is 3.29. The van der Waals surface area contributed by atoms with Crippen LogP contribution in [0, 0.1) is 0 Å². The van der Waals surface area contributed by atoms with Crippen LogP contribution in [0.25, 0.3) is 10.4 Å². The van der Waals surface area contributed by atoms with Crippen molar-refractivity contribution in [3.05, 3.63) is 46.3 Å². The molecule has 2 nitrogen and oxygen atoms in total. The molecule has 0 saturated carbocycles. The van der Waals surface area contributed by atoms with Crippen LogP contribution in [0.2, 0.25) is 0 Å². The molecule has 1 aliphatic carbocycles. The summed E-state index contributed by atoms with van der Waals surface area (Å²) in [6, 6.07) is 8.44. The van der Waals surface area contributed by atoms with Gasteiger partial charge in [-0.3, -0.25) is 4.79 Å². The van der Waals surface area contributed by atoms with Crippen molar-refractivity contribution in [2.24, 2.45) is 5.73 Å².